The summed E-state index contributed by atoms with van der Waals surface area (Å²) in [5.41, 5.74) is 2.43. The number of piperidine rings is 1. The predicted molar refractivity (Wildman–Crippen MR) is 114 cm³/mol. The number of hydrogen-bond acceptors (Lipinski definition) is 5. The summed E-state index contributed by atoms with van der Waals surface area (Å²) in [5.74, 6) is 0.929. The first-order valence-corrected chi connectivity index (χ1v) is 9.90. The lowest BCUT2D eigenvalue weighted by atomic mass is 9.97. The highest BCUT2D eigenvalue weighted by Gasteiger charge is 2.27. The van der Waals surface area contributed by atoms with Crippen molar-refractivity contribution in [1.82, 2.24) is 9.97 Å². The predicted octanol–water partition coefficient (Wildman–Crippen LogP) is 4.15. The first-order valence-electron chi connectivity index (χ1n) is 9.90. The van der Waals surface area contributed by atoms with Gasteiger partial charge in [-0.1, -0.05) is 12.1 Å². The van der Waals surface area contributed by atoms with Gasteiger partial charge in [0.25, 0.3) is 0 Å². The molecule has 0 aliphatic carbocycles. The number of halogens is 1. The Balaban J connectivity index is 1.40. The minimum absolute atomic E-state index is 0.00667. The van der Waals surface area contributed by atoms with Gasteiger partial charge in [0.05, 0.1) is 13.0 Å². The SMILES string of the molecule is COc1ccc(NC(=O)[C@H]2CCCN(c3ncc(-c4ccc(F)cc4)cn3)C2)cc1. The Morgan fingerprint density at radius 3 is 2.43 bits per heavy atom. The maximum atomic E-state index is 13.1. The van der Waals surface area contributed by atoms with Gasteiger partial charge in [0.15, 0.2) is 0 Å². The van der Waals surface area contributed by atoms with Crippen LogP contribution in [0.5, 0.6) is 5.75 Å². The average Bonchev–Trinajstić information content (AvgIpc) is 2.80. The standard InChI is InChI=1S/C23H23FN4O2/c1-30-21-10-8-20(9-11-21)27-22(29)17-3-2-12-28(15-17)23-25-13-18(14-26-23)16-4-6-19(24)7-5-16/h4-11,13-14,17H,2-3,12,15H2,1H3,(H,27,29)/t17-/m0/s1. The van der Waals surface area contributed by atoms with Gasteiger partial charge in [-0.3, -0.25) is 4.79 Å². The Labute approximate surface area is 174 Å². The molecule has 1 atom stereocenters. The number of methoxy groups -OCH3 is 1. The molecule has 1 fully saturated rings. The normalized spacial score (nSPS) is 16.2. The molecule has 6 nitrogen and oxygen atoms in total. The maximum absolute atomic E-state index is 13.1. The van der Waals surface area contributed by atoms with Crippen LogP contribution in [-0.2, 0) is 4.79 Å². The fourth-order valence-corrected chi connectivity index (χ4v) is 3.57. The van der Waals surface area contributed by atoms with Crippen LogP contribution in [0, 0.1) is 11.7 Å². The molecule has 1 N–H and O–H groups in total. The van der Waals surface area contributed by atoms with Crippen molar-refractivity contribution < 1.29 is 13.9 Å². The molecule has 2 aromatic carbocycles. The molecule has 0 saturated carbocycles. The van der Waals surface area contributed by atoms with E-state index >= 15 is 0 Å². The van der Waals surface area contributed by atoms with Crippen molar-refractivity contribution in [2.24, 2.45) is 5.92 Å². The molecule has 7 heteroatoms. The summed E-state index contributed by atoms with van der Waals surface area (Å²) in [6.07, 6.45) is 5.18. The molecule has 0 bridgehead atoms. The fraction of sp³-hybridized carbons (Fsp3) is 0.261. The van der Waals surface area contributed by atoms with Gasteiger partial charge in [0.2, 0.25) is 11.9 Å². The minimum atomic E-state index is -0.274. The van der Waals surface area contributed by atoms with Gasteiger partial charge in [0.1, 0.15) is 11.6 Å². The number of anilines is 2. The number of hydrogen-bond donors (Lipinski definition) is 1. The summed E-state index contributed by atoms with van der Waals surface area (Å²) in [4.78, 5) is 23.7. The quantitative estimate of drug-likeness (QED) is 0.690. The summed E-state index contributed by atoms with van der Waals surface area (Å²) in [6, 6.07) is 13.5. The van der Waals surface area contributed by atoms with E-state index in [2.05, 4.69) is 15.3 Å². The van der Waals surface area contributed by atoms with Gasteiger partial charge in [-0.05, 0) is 54.8 Å². The molecule has 4 rings (SSSR count). The lowest BCUT2D eigenvalue weighted by Gasteiger charge is -2.32. The smallest absolute Gasteiger partial charge is 0.229 e. The second-order valence-electron chi connectivity index (χ2n) is 7.28. The Bertz CT molecular complexity index is 991. The molecule has 1 amide bonds. The van der Waals surface area contributed by atoms with Crippen molar-refractivity contribution in [3.8, 4) is 16.9 Å². The first kappa shape index (κ1) is 19.8. The molecule has 30 heavy (non-hydrogen) atoms. The van der Waals surface area contributed by atoms with Crippen LogP contribution in [-0.4, -0.2) is 36.1 Å². The Morgan fingerprint density at radius 1 is 1.07 bits per heavy atom. The number of ether oxygens (including phenoxy) is 1. The Kier molecular flexibility index (Phi) is 5.88. The Morgan fingerprint density at radius 2 is 1.77 bits per heavy atom. The van der Waals surface area contributed by atoms with Crippen molar-refractivity contribution in [2.45, 2.75) is 12.8 Å². The third-order valence-corrected chi connectivity index (χ3v) is 5.25. The van der Waals surface area contributed by atoms with E-state index in [1.54, 1.807) is 31.6 Å². The molecule has 1 aromatic heterocycles. The van der Waals surface area contributed by atoms with E-state index in [9.17, 15) is 9.18 Å². The number of rotatable bonds is 5. The van der Waals surface area contributed by atoms with Gasteiger partial charge >= 0.3 is 0 Å². The van der Waals surface area contributed by atoms with Crippen molar-refractivity contribution in [2.75, 3.05) is 30.4 Å². The third kappa shape index (κ3) is 4.56. The minimum Gasteiger partial charge on any atom is -0.497 e. The number of amides is 1. The number of nitrogens with zero attached hydrogens (tertiary/aromatic N) is 3. The van der Waals surface area contributed by atoms with Crippen LogP contribution in [0.3, 0.4) is 0 Å². The molecule has 3 aromatic rings. The lowest BCUT2D eigenvalue weighted by Crippen LogP contribution is -2.41. The third-order valence-electron chi connectivity index (χ3n) is 5.25. The summed E-state index contributed by atoms with van der Waals surface area (Å²) in [5, 5.41) is 2.98. The number of nitrogens with one attached hydrogen (secondary N) is 1. The molecule has 0 radical (unpaired) electrons. The molecule has 1 saturated heterocycles. The summed E-state index contributed by atoms with van der Waals surface area (Å²) in [6.45, 7) is 1.38. The molecule has 1 aliphatic heterocycles. The van der Waals surface area contributed by atoms with Gasteiger partial charge in [-0.2, -0.15) is 0 Å². The topological polar surface area (TPSA) is 67.3 Å². The van der Waals surface area contributed by atoms with E-state index in [1.807, 2.05) is 29.2 Å². The largest absolute Gasteiger partial charge is 0.497 e. The maximum Gasteiger partial charge on any atom is 0.229 e. The van der Waals surface area contributed by atoms with Crippen LogP contribution in [0.4, 0.5) is 16.0 Å². The second-order valence-corrected chi connectivity index (χ2v) is 7.28. The van der Waals surface area contributed by atoms with E-state index in [-0.39, 0.29) is 17.6 Å². The van der Waals surface area contributed by atoms with E-state index in [0.717, 1.165) is 42.0 Å². The van der Waals surface area contributed by atoms with Gasteiger partial charge < -0.3 is 15.0 Å². The highest BCUT2D eigenvalue weighted by Crippen LogP contribution is 2.24. The molecular formula is C23H23FN4O2. The highest BCUT2D eigenvalue weighted by molar-refractivity contribution is 5.93. The summed E-state index contributed by atoms with van der Waals surface area (Å²) >= 11 is 0. The monoisotopic (exact) mass is 406 g/mol. The lowest BCUT2D eigenvalue weighted by molar-refractivity contribution is -0.120. The zero-order chi connectivity index (χ0) is 20.9. The van der Waals surface area contributed by atoms with Crippen LogP contribution >= 0.6 is 0 Å². The van der Waals surface area contributed by atoms with Crippen LogP contribution in [0.2, 0.25) is 0 Å². The van der Waals surface area contributed by atoms with Crippen molar-refractivity contribution in [3.63, 3.8) is 0 Å². The average molecular weight is 406 g/mol. The molecule has 154 valence electrons. The van der Waals surface area contributed by atoms with Crippen LogP contribution in [0.25, 0.3) is 11.1 Å². The van der Waals surface area contributed by atoms with E-state index in [0.29, 0.717) is 12.5 Å². The molecule has 1 aliphatic rings. The first-order chi connectivity index (χ1) is 14.6. The number of carbonyl (C=O) groups excluding carboxylic acids is 1. The fourth-order valence-electron chi connectivity index (χ4n) is 3.57. The van der Waals surface area contributed by atoms with Crippen molar-refractivity contribution >= 4 is 17.5 Å². The van der Waals surface area contributed by atoms with Crippen LogP contribution in [0.1, 0.15) is 12.8 Å². The molecule has 2 heterocycles. The highest BCUT2D eigenvalue weighted by atomic mass is 19.1. The van der Waals surface area contributed by atoms with Crippen LogP contribution in [0.15, 0.2) is 60.9 Å². The van der Waals surface area contributed by atoms with Crippen LogP contribution < -0.4 is 15.0 Å². The second kappa shape index (κ2) is 8.90. The molecular weight excluding hydrogens is 383 g/mol. The number of carbonyl (C=O) groups is 1. The zero-order valence-corrected chi connectivity index (χ0v) is 16.7. The van der Waals surface area contributed by atoms with Gasteiger partial charge in [-0.15, -0.1) is 0 Å². The number of benzene rings is 2. The van der Waals surface area contributed by atoms with Gasteiger partial charge in [0, 0.05) is 36.7 Å². The Hall–Kier alpha value is -3.48. The van der Waals surface area contributed by atoms with Gasteiger partial charge in [-0.25, -0.2) is 14.4 Å². The van der Waals surface area contributed by atoms with E-state index < -0.39 is 0 Å². The summed E-state index contributed by atoms with van der Waals surface area (Å²) in [7, 11) is 1.61. The summed E-state index contributed by atoms with van der Waals surface area (Å²) < 4.78 is 18.3. The zero-order valence-electron chi connectivity index (χ0n) is 16.7. The molecule has 0 spiro atoms. The number of aromatic nitrogens is 2. The molecule has 0 unspecified atom stereocenters. The van der Waals surface area contributed by atoms with Crippen molar-refractivity contribution in [3.05, 3.63) is 66.7 Å². The van der Waals surface area contributed by atoms with E-state index in [1.165, 1.54) is 12.1 Å². The van der Waals surface area contributed by atoms with E-state index in [4.69, 9.17) is 4.74 Å². The van der Waals surface area contributed by atoms with Crippen molar-refractivity contribution in [1.29, 1.82) is 0 Å².